The van der Waals surface area contributed by atoms with E-state index in [0.717, 1.165) is 11.8 Å². The highest BCUT2D eigenvalue weighted by atomic mass is 14.9. The Bertz CT molecular complexity index is 360. The minimum atomic E-state index is 0.803. The van der Waals surface area contributed by atoms with Crippen LogP contribution in [-0.2, 0) is 0 Å². The summed E-state index contributed by atoms with van der Waals surface area (Å²) in [5.74, 6) is 1.66. The summed E-state index contributed by atoms with van der Waals surface area (Å²) in [6, 6.07) is 9.48. The van der Waals surface area contributed by atoms with Crippen LogP contribution in [0.15, 0.2) is 24.3 Å². The molecule has 3 rings (SSSR count). The van der Waals surface area contributed by atoms with Crippen LogP contribution < -0.4 is 5.32 Å². The molecule has 17 heavy (non-hydrogen) atoms. The van der Waals surface area contributed by atoms with Crippen molar-refractivity contribution >= 4 is 0 Å². The maximum atomic E-state index is 3.45. The third-order valence-electron chi connectivity index (χ3n) is 4.55. The molecule has 0 atom stereocenters. The number of rotatable bonds is 2. The van der Waals surface area contributed by atoms with Crippen LogP contribution in [0.25, 0.3) is 0 Å². The van der Waals surface area contributed by atoms with Crippen molar-refractivity contribution in [2.75, 3.05) is 13.1 Å². The van der Waals surface area contributed by atoms with Gasteiger partial charge in [-0.25, -0.2) is 0 Å². The maximum Gasteiger partial charge on any atom is -0.00431 e. The summed E-state index contributed by atoms with van der Waals surface area (Å²) in [7, 11) is 0. The fourth-order valence-corrected chi connectivity index (χ4v) is 3.48. The molecule has 0 spiro atoms. The van der Waals surface area contributed by atoms with E-state index in [4.69, 9.17) is 0 Å². The smallest absolute Gasteiger partial charge is 0.00431 e. The molecule has 1 aliphatic heterocycles. The summed E-state index contributed by atoms with van der Waals surface area (Å²) in [4.78, 5) is 0. The van der Waals surface area contributed by atoms with Gasteiger partial charge in [0.2, 0.25) is 0 Å². The van der Waals surface area contributed by atoms with Crippen LogP contribution in [0.4, 0.5) is 0 Å². The molecule has 1 saturated heterocycles. The van der Waals surface area contributed by atoms with Gasteiger partial charge in [-0.3, -0.25) is 0 Å². The highest BCUT2D eigenvalue weighted by Gasteiger charge is 2.19. The monoisotopic (exact) mass is 229 g/mol. The summed E-state index contributed by atoms with van der Waals surface area (Å²) in [6.07, 6.45) is 8.32. The van der Waals surface area contributed by atoms with E-state index in [2.05, 4.69) is 29.6 Å². The standard InChI is InChI=1S/C16H23N/c1-2-5-13(4-1)15-6-3-7-16(12-15)14-8-10-17-11-9-14/h3,6-7,12-14,17H,1-2,4-5,8-11H2. The quantitative estimate of drug-likeness (QED) is 0.813. The van der Waals surface area contributed by atoms with E-state index >= 15 is 0 Å². The predicted octanol–water partition coefficient (Wildman–Crippen LogP) is 3.81. The van der Waals surface area contributed by atoms with Crippen molar-refractivity contribution in [1.82, 2.24) is 5.32 Å². The molecule has 0 radical (unpaired) electrons. The van der Waals surface area contributed by atoms with Crippen molar-refractivity contribution in [2.45, 2.75) is 50.4 Å². The molecule has 0 unspecified atom stereocenters. The number of piperidine rings is 1. The molecular weight excluding hydrogens is 206 g/mol. The van der Waals surface area contributed by atoms with E-state index in [0.29, 0.717) is 0 Å². The van der Waals surface area contributed by atoms with Gasteiger partial charge < -0.3 is 5.32 Å². The van der Waals surface area contributed by atoms with Gasteiger partial charge >= 0.3 is 0 Å². The Balaban J connectivity index is 1.77. The zero-order chi connectivity index (χ0) is 11.5. The van der Waals surface area contributed by atoms with Crippen LogP contribution in [-0.4, -0.2) is 13.1 Å². The van der Waals surface area contributed by atoms with Crippen LogP contribution in [0, 0.1) is 0 Å². The van der Waals surface area contributed by atoms with Gasteiger partial charge in [-0.2, -0.15) is 0 Å². The van der Waals surface area contributed by atoms with Gasteiger partial charge in [0, 0.05) is 0 Å². The van der Waals surface area contributed by atoms with Crippen molar-refractivity contribution < 1.29 is 0 Å². The molecular formula is C16H23N. The summed E-state index contributed by atoms with van der Waals surface area (Å²) < 4.78 is 0. The van der Waals surface area contributed by atoms with Gasteiger partial charge in [0.1, 0.15) is 0 Å². The first-order valence-electron chi connectivity index (χ1n) is 7.24. The molecule has 1 aromatic carbocycles. The van der Waals surface area contributed by atoms with Crippen molar-refractivity contribution in [3.63, 3.8) is 0 Å². The fourth-order valence-electron chi connectivity index (χ4n) is 3.48. The van der Waals surface area contributed by atoms with Crippen molar-refractivity contribution in [3.8, 4) is 0 Å². The van der Waals surface area contributed by atoms with Gasteiger partial charge in [-0.05, 0) is 61.7 Å². The molecule has 0 bridgehead atoms. The van der Waals surface area contributed by atoms with Gasteiger partial charge in [-0.15, -0.1) is 0 Å². The van der Waals surface area contributed by atoms with Gasteiger partial charge in [0.15, 0.2) is 0 Å². The molecule has 2 fully saturated rings. The molecule has 1 heterocycles. The third kappa shape index (κ3) is 2.55. The summed E-state index contributed by atoms with van der Waals surface area (Å²) >= 11 is 0. The summed E-state index contributed by atoms with van der Waals surface area (Å²) in [6.45, 7) is 2.39. The molecule has 1 heteroatoms. The lowest BCUT2D eigenvalue weighted by Gasteiger charge is -2.24. The Morgan fingerprint density at radius 2 is 1.41 bits per heavy atom. The Hall–Kier alpha value is -0.820. The summed E-state index contributed by atoms with van der Waals surface area (Å²) in [5.41, 5.74) is 3.20. The third-order valence-corrected chi connectivity index (χ3v) is 4.55. The Morgan fingerprint density at radius 1 is 0.824 bits per heavy atom. The largest absolute Gasteiger partial charge is 0.317 e. The Kier molecular flexibility index (Phi) is 3.46. The second kappa shape index (κ2) is 5.22. The first-order valence-corrected chi connectivity index (χ1v) is 7.24. The van der Waals surface area contributed by atoms with Crippen LogP contribution in [0.1, 0.15) is 61.5 Å². The van der Waals surface area contributed by atoms with Crippen molar-refractivity contribution in [1.29, 1.82) is 0 Å². The van der Waals surface area contributed by atoms with E-state index in [1.807, 2.05) is 0 Å². The molecule has 92 valence electrons. The van der Waals surface area contributed by atoms with Crippen LogP contribution >= 0.6 is 0 Å². The average Bonchev–Trinajstić information content (AvgIpc) is 2.94. The predicted molar refractivity (Wildman–Crippen MR) is 72.5 cm³/mol. The Labute approximate surface area is 105 Å². The molecule has 1 nitrogen and oxygen atoms in total. The van der Waals surface area contributed by atoms with Gasteiger partial charge in [0.05, 0.1) is 0 Å². The van der Waals surface area contributed by atoms with Crippen LogP contribution in [0.3, 0.4) is 0 Å². The first-order chi connectivity index (χ1) is 8.43. The molecule has 0 aromatic heterocycles. The molecule has 1 saturated carbocycles. The molecule has 0 amide bonds. The van der Waals surface area contributed by atoms with E-state index in [1.54, 1.807) is 11.1 Å². The summed E-state index contributed by atoms with van der Waals surface area (Å²) in [5, 5.41) is 3.45. The lowest BCUT2D eigenvalue weighted by Crippen LogP contribution is -2.26. The molecule has 2 aliphatic rings. The molecule has 1 N–H and O–H groups in total. The lowest BCUT2D eigenvalue weighted by atomic mass is 9.87. The highest BCUT2D eigenvalue weighted by molar-refractivity contribution is 5.29. The van der Waals surface area contributed by atoms with Crippen molar-refractivity contribution in [2.24, 2.45) is 0 Å². The van der Waals surface area contributed by atoms with E-state index < -0.39 is 0 Å². The first kappa shape index (κ1) is 11.3. The number of nitrogens with one attached hydrogen (secondary N) is 1. The molecule has 1 aliphatic carbocycles. The van der Waals surface area contributed by atoms with Gasteiger partial charge in [0.25, 0.3) is 0 Å². The highest BCUT2D eigenvalue weighted by Crippen LogP contribution is 2.36. The minimum absolute atomic E-state index is 0.803. The molecule has 1 aromatic rings. The van der Waals surface area contributed by atoms with Crippen LogP contribution in [0.5, 0.6) is 0 Å². The fraction of sp³-hybridized carbons (Fsp3) is 0.625. The second-order valence-corrected chi connectivity index (χ2v) is 5.68. The average molecular weight is 229 g/mol. The van der Waals surface area contributed by atoms with Crippen LogP contribution in [0.2, 0.25) is 0 Å². The second-order valence-electron chi connectivity index (χ2n) is 5.68. The zero-order valence-electron chi connectivity index (χ0n) is 10.6. The van der Waals surface area contributed by atoms with E-state index in [-0.39, 0.29) is 0 Å². The number of hydrogen-bond donors (Lipinski definition) is 1. The van der Waals surface area contributed by atoms with E-state index in [9.17, 15) is 0 Å². The minimum Gasteiger partial charge on any atom is -0.317 e. The van der Waals surface area contributed by atoms with Gasteiger partial charge in [-0.1, -0.05) is 37.1 Å². The number of benzene rings is 1. The van der Waals surface area contributed by atoms with Crippen molar-refractivity contribution in [3.05, 3.63) is 35.4 Å². The number of hydrogen-bond acceptors (Lipinski definition) is 1. The SMILES string of the molecule is c1cc(C2CCCC2)cc(C2CCNCC2)c1. The normalized spacial score (nSPS) is 23.1. The maximum absolute atomic E-state index is 3.45. The Morgan fingerprint density at radius 3 is 2.06 bits per heavy atom. The zero-order valence-corrected chi connectivity index (χ0v) is 10.6. The topological polar surface area (TPSA) is 12.0 Å². The van der Waals surface area contributed by atoms with E-state index in [1.165, 1.54) is 51.6 Å². The lowest BCUT2D eigenvalue weighted by molar-refractivity contribution is 0.460.